The predicted molar refractivity (Wildman–Crippen MR) is 97.9 cm³/mol. The largest absolute Gasteiger partial charge is 0.444 e. The molecule has 1 atom stereocenters. The van der Waals surface area contributed by atoms with Gasteiger partial charge in [0.1, 0.15) is 11.7 Å². The molecule has 0 saturated carbocycles. The van der Waals surface area contributed by atoms with Crippen molar-refractivity contribution < 1.29 is 9.53 Å². The van der Waals surface area contributed by atoms with Crippen LogP contribution in [0.4, 0.5) is 10.5 Å². The highest BCUT2D eigenvalue weighted by Crippen LogP contribution is 2.24. The average Bonchev–Trinajstić information content (AvgIpc) is 2.73. The van der Waals surface area contributed by atoms with Crippen molar-refractivity contribution in [3.05, 3.63) is 28.2 Å². The van der Waals surface area contributed by atoms with Crippen molar-refractivity contribution in [2.75, 3.05) is 18.4 Å². The van der Waals surface area contributed by atoms with Crippen LogP contribution in [0.2, 0.25) is 0 Å². The number of halogens is 1. The molecular formula is C18H24BrN3O2. The highest BCUT2D eigenvalue weighted by Gasteiger charge is 2.25. The van der Waals surface area contributed by atoms with Crippen LogP contribution in [0.15, 0.2) is 22.7 Å². The molecule has 5 nitrogen and oxygen atoms in total. The first-order valence-electron chi connectivity index (χ1n) is 8.22. The van der Waals surface area contributed by atoms with E-state index in [1.807, 2.05) is 39.0 Å². The molecule has 1 heterocycles. The summed E-state index contributed by atoms with van der Waals surface area (Å²) < 4.78 is 6.34. The van der Waals surface area contributed by atoms with Gasteiger partial charge >= 0.3 is 6.09 Å². The third-order valence-corrected chi connectivity index (χ3v) is 4.33. The monoisotopic (exact) mass is 393 g/mol. The molecule has 0 aromatic heterocycles. The van der Waals surface area contributed by atoms with Crippen molar-refractivity contribution in [2.45, 2.75) is 51.7 Å². The minimum atomic E-state index is -0.472. The average molecular weight is 394 g/mol. The van der Waals surface area contributed by atoms with E-state index in [1.54, 1.807) is 4.90 Å². The number of nitrogens with zero attached hydrogens (tertiary/aromatic N) is 2. The van der Waals surface area contributed by atoms with Gasteiger partial charge in [-0.25, -0.2) is 4.79 Å². The number of benzene rings is 1. The van der Waals surface area contributed by atoms with Crippen molar-refractivity contribution in [1.82, 2.24) is 4.90 Å². The molecule has 1 aromatic carbocycles. The molecule has 24 heavy (non-hydrogen) atoms. The first-order chi connectivity index (χ1) is 11.3. The third-order valence-electron chi connectivity index (χ3n) is 3.84. The maximum absolute atomic E-state index is 12.2. The Labute approximate surface area is 152 Å². The Hall–Kier alpha value is -1.74. The first-order valence-corrected chi connectivity index (χ1v) is 9.02. The first kappa shape index (κ1) is 18.6. The summed E-state index contributed by atoms with van der Waals surface area (Å²) in [5.74, 6) is 0. The molecule has 0 bridgehead atoms. The lowest BCUT2D eigenvalue weighted by Crippen LogP contribution is -2.37. The Morgan fingerprint density at radius 1 is 1.38 bits per heavy atom. The fraction of sp³-hybridized carbons (Fsp3) is 0.556. The fourth-order valence-corrected chi connectivity index (χ4v) is 3.07. The minimum Gasteiger partial charge on any atom is -0.444 e. The zero-order valence-electron chi connectivity index (χ0n) is 14.4. The number of ether oxygens (including phenoxy) is 1. The lowest BCUT2D eigenvalue weighted by molar-refractivity contribution is 0.0256. The number of nitrogens with one attached hydrogen (secondary N) is 1. The van der Waals surface area contributed by atoms with Gasteiger partial charge < -0.3 is 15.0 Å². The van der Waals surface area contributed by atoms with Crippen molar-refractivity contribution in [1.29, 1.82) is 5.26 Å². The molecule has 1 aliphatic heterocycles. The predicted octanol–water partition coefficient (Wildman–Crippen LogP) is 4.52. The molecule has 0 aliphatic carbocycles. The Kier molecular flexibility index (Phi) is 6.11. The summed E-state index contributed by atoms with van der Waals surface area (Å²) in [7, 11) is 0. The number of nitriles is 1. The molecule has 1 aliphatic rings. The highest BCUT2D eigenvalue weighted by molar-refractivity contribution is 9.10. The second kappa shape index (κ2) is 7.89. The van der Waals surface area contributed by atoms with E-state index in [1.165, 1.54) is 0 Å². The van der Waals surface area contributed by atoms with Gasteiger partial charge in [0, 0.05) is 23.6 Å². The normalized spacial score (nSPS) is 18.5. The molecule has 1 aromatic rings. The van der Waals surface area contributed by atoms with Gasteiger partial charge in [0.2, 0.25) is 0 Å². The van der Waals surface area contributed by atoms with Crippen molar-refractivity contribution in [2.24, 2.45) is 0 Å². The quantitative estimate of drug-likeness (QED) is 0.801. The van der Waals surface area contributed by atoms with Crippen LogP contribution in [-0.4, -0.2) is 35.7 Å². The molecule has 1 N–H and O–H groups in total. The number of hydrogen-bond acceptors (Lipinski definition) is 4. The van der Waals surface area contributed by atoms with Crippen molar-refractivity contribution >= 4 is 27.7 Å². The summed E-state index contributed by atoms with van der Waals surface area (Å²) in [6.45, 7) is 7.00. The molecule has 1 amide bonds. The van der Waals surface area contributed by atoms with Crippen LogP contribution < -0.4 is 5.32 Å². The Bertz CT molecular complexity index is 634. The van der Waals surface area contributed by atoms with E-state index in [4.69, 9.17) is 4.74 Å². The van der Waals surface area contributed by atoms with Crippen molar-refractivity contribution in [3.8, 4) is 6.07 Å². The maximum atomic E-state index is 12.2. The SMILES string of the molecule is CC(C)(C)OC(=O)N1CCCC(Nc2ccc(Br)cc2C#N)CC1. The van der Waals surface area contributed by atoms with Gasteiger partial charge in [0.25, 0.3) is 0 Å². The van der Waals surface area contributed by atoms with Gasteiger partial charge in [-0.2, -0.15) is 5.26 Å². The topological polar surface area (TPSA) is 65.4 Å². The Morgan fingerprint density at radius 3 is 2.79 bits per heavy atom. The summed E-state index contributed by atoms with van der Waals surface area (Å²) in [6.07, 6.45) is 2.46. The smallest absolute Gasteiger partial charge is 0.410 e. The van der Waals surface area contributed by atoms with Crippen molar-refractivity contribution in [3.63, 3.8) is 0 Å². The zero-order chi connectivity index (χ0) is 17.7. The zero-order valence-corrected chi connectivity index (χ0v) is 16.0. The second-order valence-electron chi connectivity index (χ2n) is 7.04. The number of likely N-dealkylation sites (tertiary alicyclic amines) is 1. The Balaban J connectivity index is 1.97. The molecule has 1 saturated heterocycles. The second-order valence-corrected chi connectivity index (χ2v) is 7.96. The standard InChI is InChI=1S/C18H24BrN3O2/c1-18(2,3)24-17(23)22-9-4-5-15(8-10-22)21-16-7-6-14(19)11-13(16)12-20/h6-7,11,15,21H,4-5,8-10H2,1-3H3. The van der Waals surface area contributed by atoms with E-state index in [2.05, 4.69) is 27.3 Å². The summed E-state index contributed by atoms with van der Waals surface area (Å²) in [4.78, 5) is 14.0. The van der Waals surface area contributed by atoms with Gasteiger partial charge in [0.05, 0.1) is 11.3 Å². The van der Waals surface area contributed by atoms with Crippen LogP contribution in [0.25, 0.3) is 0 Å². The van der Waals surface area contributed by atoms with E-state index in [-0.39, 0.29) is 12.1 Å². The van der Waals surface area contributed by atoms with E-state index >= 15 is 0 Å². The number of rotatable bonds is 2. The fourth-order valence-electron chi connectivity index (χ4n) is 2.70. The highest BCUT2D eigenvalue weighted by atomic mass is 79.9. The number of carbonyl (C=O) groups is 1. The van der Waals surface area contributed by atoms with Crippen LogP contribution in [0.5, 0.6) is 0 Å². The van der Waals surface area contributed by atoms with E-state index in [9.17, 15) is 10.1 Å². The lowest BCUT2D eigenvalue weighted by Gasteiger charge is -2.26. The summed E-state index contributed by atoms with van der Waals surface area (Å²) in [6, 6.07) is 8.11. The molecular weight excluding hydrogens is 370 g/mol. The molecule has 1 fully saturated rings. The third kappa shape index (κ3) is 5.41. The minimum absolute atomic E-state index is 0.241. The van der Waals surface area contributed by atoms with Crippen LogP contribution in [0.3, 0.4) is 0 Å². The van der Waals surface area contributed by atoms with Gasteiger partial charge in [-0.1, -0.05) is 15.9 Å². The van der Waals surface area contributed by atoms with Gasteiger partial charge in [-0.05, 0) is 58.2 Å². The molecule has 0 spiro atoms. The molecule has 6 heteroatoms. The van der Waals surface area contributed by atoms with Crippen LogP contribution in [0, 0.1) is 11.3 Å². The summed E-state index contributed by atoms with van der Waals surface area (Å²) >= 11 is 3.39. The van der Waals surface area contributed by atoms with E-state index in [0.717, 1.165) is 29.4 Å². The molecule has 0 radical (unpaired) electrons. The number of anilines is 1. The maximum Gasteiger partial charge on any atom is 0.410 e. The van der Waals surface area contributed by atoms with E-state index in [0.29, 0.717) is 18.7 Å². The molecule has 2 rings (SSSR count). The lowest BCUT2D eigenvalue weighted by atomic mass is 10.1. The summed E-state index contributed by atoms with van der Waals surface area (Å²) in [5, 5.41) is 12.7. The van der Waals surface area contributed by atoms with Gasteiger partial charge in [-0.3, -0.25) is 0 Å². The van der Waals surface area contributed by atoms with E-state index < -0.39 is 5.60 Å². The number of amides is 1. The Morgan fingerprint density at radius 2 is 2.12 bits per heavy atom. The van der Waals surface area contributed by atoms with Gasteiger partial charge in [0.15, 0.2) is 0 Å². The summed E-state index contributed by atoms with van der Waals surface area (Å²) in [5.41, 5.74) is 0.995. The van der Waals surface area contributed by atoms with Crippen LogP contribution in [-0.2, 0) is 4.74 Å². The number of hydrogen-bond donors (Lipinski definition) is 1. The molecule has 130 valence electrons. The van der Waals surface area contributed by atoms with Gasteiger partial charge in [-0.15, -0.1) is 0 Å². The number of carbonyl (C=O) groups excluding carboxylic acids is 1. The molecule has 1 unspecified atom stereocenters. The van der Waals surface area contributed by atoms with Crippen LogP contribution in [0.1, 0.15) is 45.6 Å². The van der Waals surface area contributed by atoms with Crippen LogP contribution >= 0.6 is 15.9 Å².